The molecule has 0 radical (unpaired) electrons. The molecule has 0 aliphatic carbocycles. The predicted octanol–water partition coefficient (Wildman–Crippen LogP) is 0.899. The quantitative estimate of drug-likeness (QED) is 0.844. The van der Waals surface area contributed by atoms with Gasteiger partial charge in [-0.25, -0.2) is 4.79 Å². The summed E-state index contributed by atoms with van der Waals surface area (Å²) in [6.45, 7) is 1.31. The molecule has 0 spiro atoms. The number of ether oxygens (including phenoxy) is 1. The van der Waals surface area contributed by atoms with Crippen molar-refractivity contribution in [1.82, 2.24) is 10.2 Å². The maximum atomic E-state index is 12.5. The van der Waals surface area contributed by atoms with Gasteiger partial charge < -0.3 is 20.1 Å². The van der Waals surface area contributed by atoms with E-state index in [4.69, 9.17) is 4.74 Å². The van der Waals surface area contributed by atoms with Crippen LogP contribution in [0.4, 0.5) is 0 Å². The van der Waals surface area contributed by atoms with Gasteiger partial charge in [-0.3, -0.25) is 9.59 Å². The molecule has 25 heavy (non-hydrogen) atoms. The maximum absolute atomic E-state index is 12.5. The minimum Gasteiger partial charge on any atom is -0.479 e. The third kappa shape index (κ3) is 3.66. The molecule has 2 N–H and O–H groups in total. The normalized spacial score (nSPS) is 24.1. The standard InChI is InChI=1S/C18H22N2O5/c21-15(19-18(17(23)24)8-11-25-12-18)13-6-9-20(10-7-13)16(22)14-4-2-1-3-5-14/h1-5,13H,6-12H2,(H,19,21)(H,23,24). The molecule has 0 aromatic heterocycles. The molecule has 2 heterocycles. The number of piperidine rings is 1. The van der Waals surface area contributed by atoms with E-state index in [1.807, 2.05) is 18.2 Å². The molecule has 7 heteroatoms. The van der Waals surface area contributed by atoms with E-state index < -0.39 is 11.5 Å². The third-order valence-corrected chi connectivity index (χ3v) is 4.97. The van der Waals surface area contributed by atoms with Crippen molar-refractivity contribution in [1.29, 1.82) is 0 Å². The molecule has 1 aromatic carbocycles. The Kier molecular flexibility index (Phi) is 5.03. The number of amides is 2. The van der Waals surface area contributed by atoms with Crippen LogP contribution in [0.1, 0.15) is 29.6 Å². The second kappa shape index (κ2) is 7.23. The Hall–Kier alpha value is -2.41. The average molecular weight is 346 g/mol. The van der Waals surface area contributed by atoms with Crippen LogP contribution >= 0.6 is 0 Å². The van der Waals surface area contributed by atoms with Gasteiger partial charge in [0, 0.05) is 37.6 Å². The highest BCUT2D eigenvalue weighted by atomic mass is 16.5. The summed E-state index contributed by atoms with van der Waals surface area (Å²) in [5.74, 6) is -1.64. The molecule has 2 aliphatic heterocycles. The Morgan fingerprint density at radius 1 is 1.16 bits per heavy atom. The van der Waals surface area contributed by atoms with Gasteiger partial charge in [0.2, 0.25) is 5.91 Å². The number of nitrogens with zero attached hydrogens (tertiary/aromatic N) is 1. The minimum absolute atomic E-state index is 0.000584. The van der Waals surface area contributed by atoms with Crippen molar-refractivity contribution in [2.24, 2.45) is 5.92 Å². The van der Waals surface area contributed by atoms with Crippen LogP contribution in [0.25, 0.3) is 0 Å². The van der Waals surface area contributed by atoms with Crippen LogP contribution in [-0.2, 0) is 14.3 Å². The summed E-state index contributed by atoms with van der Waals surface area (Å²) in [6.07, 6.45) is 1.33. The first kappa shape index (κ1) is 17.4. The molecule has 2 fully saturated rings. The first-order valence-electron chi connectivity index (χ1n) is 8.49. The zero-order valence-corrected chi connectivity index (χ0v) is 13.9. The predicted molar refractivity (Wildman–Crippen MR) is 89.0 cm³/mol. The van der Waals surface area contributed by atoms with Gasteiger partial charge in [-0.2, -0.15) is 0 Å². The van der Waals surface area contributed by atoms with Gasteiger partial charge in [0.25, 0.3) is 5.91 Å². The van der Waals surface area contributed by atoms with Crippen molar-refractivity contribution in [2.45, 2.75) is 24.8 Å². The van der Waals surface area contributed by atoms with Gasteiger partial charge in [-0.1, -0.05) is 18.2 Å². The summed E-state index contributed by atoms with van der Waals surface area (Å²) >= 11 is 0. The highest BCUT2D eigenvalue weighted by Crippen LogP contribution is 2.23. The molecule has 3 rings (SSSR count). The van der Waals surface area contributed by atoms with E-state index in [0.29, 0.717) is 38.1 Å². The Labute approximate surface area is 146 Å². The largest absolute Gasteiger partial charge is 0.479 e. The number of rotatable bonds is 4. The van der Waals surface area contributed by atoms with E-state index in [0.717, 1.165) is 0 Å². The lowest BCUT2D eigenvalue weighted by Crippen LogP contribution is -2.57. The fourth-order valence-corrected chi connectivity index (χ4v) is 3.33. The number of hydrogen-bond donors (Lipinski definition) is 2. The Morgan fingerprint density at radius 2 is 1.84 bits per heavy atom. The second-order valence-electron chi connectivity index (χ2n) is 6.61. The number of carboxylic acid groups (broad SMARTS) is 1. The van der Waals surface area contributed by atoms with Crippen molar-refractivity contribution < 1.29 is 24.2 Å². The molecule has 1 aromatic rings. The summed E-state index contributed by atoms with van der Waals surface area (Å²) in [5, 5.41) is 12.1. The Bertz CT molecular complexity index is 647. The van der Waals surface area contributed by atoms with Crippen LogP contribution in [0, 0.1) is 5.92 Å². The zero-order chi connectivity index (χ0) is 17.9. The lowest BCUT2D eigenvalue weighted by Gasteiger charge is -2.33. The van der Waals surface area contributed by atoms with Crippen LogP contribution in [0.15, 0.2) is 30.3 Å². The number of hydrogen-bond acceptors (Lipinski definition) is 4. The lowest BCUT2D eigenvalue weighted by molar-refractivity contribution is -0.148. The first-order chi connectivity index (χ1) is 12.0. The smallest absolute Gasteiger partial charge is 0.331 e. The minimum atomic E-state index is -1.31. The molecule has 2 saturated heterocycles. The molecular weight excluding hydrogens is 324 g/mol. The van der Waals surface area contributed by atoms with Crippen molar-refractivity contribution in [3.05, 3.63) is 35.9 Å². The Morgan fingerprint density at radius 3 is 2.40 bits per heavy atom. The number of aliphatic carboxylic acids is 1. The molecular formula is C18H22N2O5. The van der Waals surface area contributed by atoms with Crippen molar-refractivity contribution in [3.8, 4) is 0 Å². The van der Waals surface area contributed by atoms with E-state index in [1.54, 1.807) is 17.0 Å². The van der Waals surface area contributed by atoms with Crippen LogP contribution in [0.2, 0.25) is 0 Å². The van der Waals surface area contributed by atoms with Crippen LogP contribution in [0.5, 0.6) is 0 Å². The van der Waals surface area contributed by atoms with Crippen molar-refractivity contribution in [3.63, 3.8) is 0 Å². The average Bonchev–Trinajstić information content (AvgIpc) is 3.12. The SMILES string of the molecule is O=C(NC1(C(=O)O)CCOC1)C1CCN(C(=O)c2ccccc2)CC1. The molecule has 0 bridgehead atoms. The van der Waals surface area contributed by atoms with Gasteiger partial charge in [-0.05, 0) is 25.0 Å². The number of benzene rings is 1. The number of carboxylic acids is 1. The molecule has 0 saturated carbocycles. The second-order valence-corrected chi connectivity index (χ2v) is 6.61. The van der Waals surface area contributed by atoms with E-state index in [2.05, 4.69) is 5.32 Å². The maximum Gasteiger partial charge on any atom is 0.331 e. The molecule has 7 nitrogen and oxygen atoms in total. The number of carbonyl (C=O) groups is 3. The van der Waals surface area contributed by atoms with E-state index in [-0.39, 0.29) is 30.8 Å². The van der Waals surface area contributed by atoms with Gasteiger partial charge in [0.05, 0.1) is 6.61 Å². The van der Waals surface area contributed by atoms with E-state index in [1.165, 1.54) is 0 Å². The number of likely N-dealkylation sites (tertiary alicyclic amines) is 1. The monoisotopic (exact) mass is 346 g/mol. The van der Waals surface area contributed by atoms with Crippen molar-refractivity contribution in [2.75, 3.05) is 26.3 Å². The van der Waals surface area contributed by atoms with Gasteiger partial charge in [0.15, 0.2) is 5.54 Å². The Balaban J connectivity index is 1.56. The topological polar surface area (TPSA) is 95.9 Å². The fraction of sp³-hybridized carbons (Fsp3) is 0.500. The fourth-order valence-electron chi connectivity index (χ4n) is 3.33. The zero-order valence-electron chi connectivity index (χ0n) is 13.9. The molecule has 1 unspecified atom stereocenters. The van der Waals surface area contributed by atoms with Gasteiger partial charge in [0.1, 0.15) is 0 Å². The summed E-state index contributed by atoms with van der Waals surface area (Å²) < 4.78 is 5.16. The summed E-state index contributed by atoms with van der Waals surface area (Å²) in [7, 11) is 0. The molecule has 1 atom stereocenters. The molecule has 134 valence electrons. The van der Waals surface area contributed by atoms with Gasteiger partial charge in [-0.15, -0.1) is 0 Å². The van der Waals surface area contributed by atoms with Gasteiger partial charge >= 0.3 is 5.97 Å². The van der Waals surface area contributed by atoms with Crippen LogP contribution < -0.4 is 5.32 Å². The third-order valence-electron chi connectivity index (χ3n) is 4.97. The molecule has 2 amide bonds. The lowest BCUT2D eigenvalue weighted by atomic mass is 9.92. The van der Waals surface area contributed by atoms with Crippen LogP contribution in [-0.4, -0.2) is 59.6 Å². The first-order valence-corrected chi connectivity index (χ1v) is 8.49. The summed E-state index contributed by atoms with van der Waals surface area (Å²) in [4.78, 5) is 38.1. The number of nitrogens with one attached hydrogen (secondary N) is 1. The summed E-state index contributed by atoms with van der Waals surface area (Å²) in [5.41, 5.74) is -0.674. The number of carbonyl (C=O) groups excluding carboxylic acids is 2. The highest BCUT2D eigenvalue weighted by molar-refractivity contribution is 5.94. The van der Waals surface area contributed by atoms with Crippen LogP contribution in [0.3, 0.4) is 0 Å². The van der Waals surface area contributed by atoms with E-state index in [9.17, 15) is 19.5 Å². The molecule has 2 aliphatic rings. The van der Waals surface area contributed by atoms with E-state index >= 15 is 0 Å². The highest BCUT2D eigenvalue weighted by Gasteiger charge is 2.45. The summed E-state index contributed by atoms with van der Waals surface area (Å²) in [6, 6.07) is 9.05. The van der Waals surface area contributed by atoms with Crippen molar-refractivity contribution >= 4 is 17.8 Å².